The van der Waals surface area contributed by atoms with Crippen LogP contribution in [0.5, 0.6) is 0 Å². The largest absolute Gasteiger partial charge is 0.385 e. The first kappa shape index (κ1) is 18.9. The zero-order valence-electron chi connectivity index (χ0n) is 14.2. The molecule has 0 spiro atoms. The first-order valence-electron chi connectivity index (χ1n) is 7.83. The molecular formula is C17H23BrN4OS. The van der Waals surface area contributed by atoms with E-state index in [1.54, 1.807) is 7.11 Å². The molecule has 0 bridgehead atoms. The van der Waals surface area contributed by atoms with Gasteiger partial charge in [0.25, 0.3) is 0 Å². The molecule has 2 aromatic rings. The number of anilines is 1. The van der Waals surface area contributed by atoms with Gasteiger partial charge in [-0.25, -0.2) is 0 Å². The van der Waals surface area contributed by atoms with Gasteiger partial charge in [-0.05, 0) is 50.2 Å². The minimum Gasteiger partial charge on any atom is -0.385 e. The van der Waals surface area contributed by atoms with Gasteiger partial charge >= 0.3 is 0 Å². The van der Waals surface area contributed by atoms with Gasteiger partial charge in [0.05, 0.1) is 23.6 Å². The molecule has 2 N–H and O–H groups in total. The molecule has 0 saturated carbocycles. The van der Waals surface area contributed by atoms with Gasteiger partial charge < -0.3 is 15.4 Å². The maximum atomic E-state index is 5.35. The quantitative estimate of drug-likeness (QED) is 0.538. The smallest absolute Gasteiger partial charge is 0.170 e. The summed E-state index contributed by atoms with van der Waals surface area (Å²) in [5.41, 5.74) is 4.18. The van der Waals surface area contributed by atoms with Crippen LogP contribution in [0.2, 0.25) is 0 Å². The van der Waals surface area contributed by atoms with Crippen molar-refractivity contribution >= 4 is 38.9 Å². The first-order valence-corrected chi connectivity index (χ1v) is 9.03. The van der Waals surface area contributed by atoms with Gasteiger partial charge in [-0.2, -0.15) is 5.10 Å². The van der Waals surface area contributed by atoms with Crippen molar-refractivity contribution in [2.75, 3.05) is 25.6 Å². The fraction of sp³-hybridized carbons (Fsp3) is 0.412. The number of ether oxygens (including phenoxy) is 1. The third-order valence-electron chi connectivity index (χ3n) is 3.68. The van der Waals surface area contributed by atoms with Crippen LogP contribution in [0, 0.1) is 13.8 Å². The van der Waals surface area contributed by atoms with Crippen LogP contribution < -0.4 is 10.6 Å². The second-order valence-corrected chi connectivity index (χ2v) is 6.88. The van der Waals surface area contributed by atoms with Crippen LogP contribution in [0.4, 0.5) is 5.69 Å². The fourth-order valence-corrected chi connectivity index (χ4v) is 2.84. The minimum absolute atomic E-state index is 0.612. The highest BCUT2D eigenvalue weighted by Crippen LogP contribution is 2.21. The second-order valence-electron chi connectivity index (χ2n) is 5.56. The summed E-state index contributed by atoms with van der Waals surface area (Å²) in [5.74, 6) is 0. The molecule has 2 rings (SSSR count). The predicted molar refractivity (Wildman–Crippen MR) is 106 cm³/mol. The first-order chi connectivity index (χ1) is 11.5. The highest BCUT2D eigenvalue weighted by Gasteiger charge is 2.13. The molecule has 5 nitrogen and oxygen atoms in total. The molecule has 1 aromatic heterocycles. The van der Waals surface area contributed by atoms with E-state index in [2.05, 4.69) is 50.7 Å². The van der Waals surface area contributed by atoms with Crippen molar-refractivity contribution in [3.05, 3.63) is 45.7 Å². The van der Waals surface area contributed by atoms with Crippen molar-refractivity contribution in [2.24, 2.45) is 0 Å². The highest BCUT2D eigenvalue weighted by molar-refractivity contribution is 9.10. The third kappa shape index (κ3) is 5.29. The van der Waals surface area contributed by atoms with Gasteiger partial charge in [0, 0.05) is 24.7 Å². The van der Waals surface area contributed by atoms with Crippen molar-refractivity contribution in [3.63, 3.8) is 0 Å². The number of halogens is 1. The van der Waals surface area contributed by atoms with Crippen LogP contribution in [0.1, 0.15) is 23.4 Å². The average molecular weight is 411 g/mol. The predicted octanol–water partition coefficient (Wildman–Crippen LogP) is 3.63. The number of aryl methyl sites for hydroxylation is 1. The van der Waals surface area contributed by atoms with E-state index in [-0.39, 0.29) is 0 Å². The zero-order valence-corrected chi connectivity index (χ0v) is 16.6. The summed E-state index contributed by atoms with van der Waals surface area (Å²) < 4.78 is 8.10. The van der Waals surface area contributed by atoms with E-state index in [1.807, 2.05) is 23.7 Å². The van der Waals surface area contributed by atoms with Crippen molar-refractivity contribution in [1.29, 1.82) is 0 Å². The Balaban J connectivity index is 2.00. The molecule has 0 aliphatic carbocycles. The lowest BCUT2D eigenvalue weighted by molar-refractivity contribution is 0.196. The Morgan fingerprint density at radius 1 is 1.29 bits per heavy atom. The van der Waals surface area contributed by atoms with Crippen molar-refractivity contribution < 1.29 is 4.74 Å². The second kappa shape index (κ2) is 9.15. The fourth-order valence-electron chi connectivity index (χ4n) is 2.37. The van der Waals surface area contributed by atoms with Crippen molar-refractivity contribution in [1.82, 2.24) is 15.1 Å². The van der Waals surface area contributed by atoms with Crippen LogP contribution in [0.3, 0.4) is 0 Å². The Morgan fingerprint density at radius 3 is 2.67 bits per heavy atom. The number of nitrogens with one attached hydrogen (secondary N) is 2. The number of hydrogen-bond acceptors (Lipinski definition) is 3. The zero-order chi connectivity index (χ0) is 17.5. The lowest BCUT2D eigenvalue weighted by Crippen LogP contribution is -2.30. The van der Waals surface area contributed by atoms with E-state index in [0.29, 0.717) is 5.11 Å². The Bertz CT molecular complexity index is 685. The van der Waals surface area contributed by atoms with Gasteiger partial charge in [0.2, 0.25) is 0 Å². The van der Waals surface area contributed by atoms with E-state index >= 15 is 0 Å². The number of hydrogen-bond donors (Lipinski definition) is 2. The van der Waals surface area contributed by atoms with Crippen molar-refractivity contribution in [3.8, 4) is 0 Å². The molecular weight excluding hydrogens is 388 g/mol. The average Bonchev–Trinajstić information content (AvgIpc) is 2.81. The van der Waals surface area contributed by atoms with Gasteiger partial charge in [-0.1, -0.05) is 28.1 Å². The summed E-state index contributed by atoms with van der Waals surface area (Å²) in [6.45, 7) is 6.27. The molecule has 1 heterocycles. The van der Waals surface area contributed by atoms with Crippen LogP contribution >= 0.6 is 28.1 Å². The number of methoxy groups -OCH3 is 1. The van der Waals surface area contributed by atoms with Gasteiger partial charge in [0.15, 0.2) is 5.11 Å². The molecule has 0 amide bonds. The number of nitrogens with zero attached hydrogens (tertiary/aromatic N) is 2. The number of benzene rings is 1. The monoisotopic (exact) mass is 410 g/mol. The number of thiocarbonyl (C=S) groups is 1. The molecule has 1 aromatic carbocycles. The van der Waals surface area contributed by atoms with E-state index < -0.39 is 0 Å². The molecule has 24 heavy (non-hydrogen) atoms. The molecule has 130 valence electrons. The third-order valence-corrected chi connectivity index (χ3v) is 4.45. The summed E-state index contributed by atoms with van der Waals surface area (Å²) in [4.78, 5) is 0. The summed E-state index contributed by atoms with van der Waals surface area (Å²) in [6, 6.07) is 8.27. The van der Waals surface area contributed by atoms with E-state index in [0.717, 1.165) is 47.7 Å². The van der Waals surface area contributed by atoms with Crippen LogP contribution in [0.25, 0.3) is 0 Å². The van der Waals surface area contributed by atoms with E-state index in [9.17, 15) is 0 Å². The highest BCUT2D eigenvalue weighted by atomic mass is 79.9. The van der Waals surface area contributed by atoms with Gasteiger partial charge in [-0.3, -0.25) is 4.68 Å². The molecule has 0 unspecified atom stereocenters. The summed E-state index contributed by atoms with van der Waals surface area (Å²) in [5, 5.41) is 11.7. The number of rotatable bonds is 7. The Hall–Kier alpha value is -1.44. The maximum absolute atomic E-state index is 5.35. The molecule has 0 aliphatic rings. The van der Waals surface area contributed by atoms with Crippen LogP contribution in [-0.2, 0) is 11.3 Å². The standard InChI is InChI=1S/C17H23BrN4OS/c1-12-16(20-17(24)19-9-4-10-23-3)13(2)22(21-12)11-14-5-7-15(18)8-6-14/h5-8H,4,9-11H2,1-3H3,(H2,19,20,24). The molecule has 0 fully saturated rings. The maximum Gasteiger partial charge on any atom is 0.170 e. The minimum atomic E-state index is 0.612. The van der Waals surface area contributed by atoms with Crippen LogP contribution in [0.15, 0.2) is 28.7 Å². The van der Waals surface area contributed by atoms with Gasteiger partial charge in [-0.15, -0.1) is 0 Å². The molecule has 7 heteroatoms. The summed E-state index contributed by atoms with van der Waals surface area (Å²) >= 11 is 8.81. The van der Waals surface area contributed by atoms with Crippen LogP contribution in [-0.4, -0.2) is 35.2 Å². The summed E-state index contributed by atoms with van der Waals surface area (Å²) in [6.07, 6.45) is 0.916. The van der Waals surface area contributed by atoms with E-state index in [4.69, 9.17) is 17.0 Å². The SMILES string of the molecule is COCCCNC(=S)Nc1c(C)nn(Cc2ccc(Br)cc2)c1C. The Morgan fingerprint density at radius 2 is 2.00 bits per heavy atom. The molecule has 0 atom stereocenters. The van der Waals surface area contributed by atoms with Crippen molar-refractivity contribution in [2.45, 2.75) is 26.8 Å². The Labute approximate surface area is 156 Å². The topological polar surface area (TPSA) is 51.1 Å². The molecule has 0 aliphatic heterocycles. The normalized spacial score (nSPS) is 10.7. The van der Waals surface area contributed by atoms with Gasteiger partial charge in [0.1, 0.15) is 0 Å². The lowest BCUT2D eigenvalue weighted by atomic mass is 10.2. The summed E-state index contributed by atoms with van der Waals surface area (Å²) in [7, 11) is 1.70. The Kier molecular flexibility index (Phi) is 7.20. The van der Waals surface area contributed by atoms with E-state index in [1.165, 1.54) is 5.56 Å². The number of aromatic nitrogens is 2. The lowest BCUT2D eigenvalue weighted by Gasteiger charge is -2.11. The molecule has 0 saturated heterocycles. The molecule has 0 radical (unpaired) electrons.